The Morgan fingerprint density at radius 3 is 2.71 bits per heavy atom. The van der Waals surface area contributed by atoms with Crippen LogP contribution in [0.2, 0.25) is 10.0 Å². The Morgan fingerprint density at radius 2 is 1.95 bits per heavy atom. The zero-order chi connectivity index (χ0) is 15.0. The monoisotopic (exact) mass is 318 g/mol. The summed E-state index contributed by atoms with van der Waals surface area (Å²) < 4.78 is 1.92. The van der Waals surface area contributed by atoms with Crippen molar-refractivity contribution < 1.29 is 4.79 Å². The molecular formula is C16H12Cl2N2O. The van der Waals surface area contributed by atoms with Gasteiger partial charge in [-0.1, -0.05) is 35.3 Å². The fraction of sp³-hybridized carbons (Fsp3) is 0.0625. The molecule has 106 valence electrons. The number of hydrogen-bond acceptors (Lipinski definition) is 1. The number of aromatic nitrogens is 1. The van der Waals surface area contributed by atoms with Crippen molar-refractivity contribution in [3.63, 3.8) is 0 Å². The van der Waals surface area contributed by atoms with E-state index in [1.165, 1.54) is 0 Å². The number of amides is 1. The highest BCUT2D eigenvalue weighted by Gasteiger charge is 2.13. The van der Waals surface area contributed by atoms with Crippen molar-refractivity contribution in [2.24, 2.45) is 7.05 Å². The van der Waals surface area contributed by atoms with Gasteiger partial charge >= 0.3 is 0 Å². The average molecular weight is 319 g/mol. The lowest BCUT2D eigenvalue weighted by Crippen LogP contribution is -2.13. The molecule has 0 bridgehead atoms. The van der Waals surface area contributed by atoms with Crippen LogP contribution < -0.4 is 5.32 Å². The van der Waals surface area contributed by atoms with Gasteiger partial charge in [0.25, 0.3) is 5.91 Å². The van der Waals surface area contributed by atoms with Crippen LogP contribution >= 0.6 is 23.2 Å². The second-order valence-corrected chi connectivity index (χ2v) is 5.59. The molecule has 1 N–H and O–H groups in total. The first-order valence-electron chi connectivity index (χ1n) is 6.37. The van der Waals surface area contributed by atoms with E-state index >= 15 is 0 Å². The highest BCUT2D eigenvalue weighted by molar-refractivity contribution is 6.37. The fourth-order valence-electron chi connectivity index (χ4n) is 2.32. The molecule has 0 saturated heterocycles. The molecule has 0 saturated carbocycles. The van der Waals surface area contributed by atoms with Gasteiger partial charge in [-0.15, -0.1) is 0 Å². The number of hydrogen-bond donors (Lipinski definition) is 1. The smallest absolute Gasteiger partial charge is 0.257 e. The zero-order valence-corrected chi connectivity index (χ0v) is 12.7. The third kappa shape index (κ3) is 2.62. The molecule has 3 rings (SSSR count). The van der Waals surface area contributed by atoms with Crippen LogP contribution in [0.15, 0.2) is 48.7 Å². The molecule has 0 unspecified atom stereocenters. The Kier molecular flexibility index (Phi) is 3.62. The molecule has 0 aliphatic carbocycles. The van der Waals surface area contributed by atoms with E-state index in [0.29, 0.717) is 21.3 Å². The van der Waals surface area contributed by atoms with Crippen LogP contribution in [0.25, 0.3) is 10.9 Å². The third-order valence-electron chi connectivity index (χ3n) is 3.32. The van der Waals surface area contributed by atoms with Gasteiger partial charge in [0, 0.05) is 23.7 Å². The van der Waals surface area contributed by atoms with Crippen LogP contribution in [0.5, 0.6) is 0 Å². The highest BCUT2D eigenvalue weighted by atomic mass is 35.5. The Bertz CT molecular complexity index is 839. The minimum Gasteiger partial charge on any atom is -0.350 e. The molecule has 0 aliphatic heterocycles. The Hall–Kier alpha value is -1.97. The maximum atomic E-state index is 12.5. The summed E-state index contributed by atoms with van der Waals surface area (Å²) in [6, 6.07) is 12.6. The standard InChI is InChI=1S/C16H12Cl2N2O/c1-20-8-7-10-3-2-4-12(15(10)20)16(21)19-14-6-5-11(17)9-13(14)18/h2-9H,1H3,(H,19,21). The Morgan fingerprint density at radius 1 is 1.14 bits per heavy atom. The molecule has 5 heteroatoms. The Balaban J connectivity index is 1.99. The van der Waals surface area contributed by atoms with Gasteiger partial charge in [0.05, 0.1) is 21.8 Å². The number of para-hydroxylation sites is 1. The number of rotatable bonds is 2. The first-order chi connectivity index (χ1) is 10.1. The van der Waals surface area contributed by atoms with Crippen molar-refractivity contribution in [1.29, 1.82) is 0 Å². The number of carbonyl (C=O) groups is 1. The van der Waals surface area contributed by atoms with Crippen LogP contribution in [-0.2, 0) is 7.05 Å². The predicted molar refractivity (Wildman–Crippen MR) is 87.3 cm³/mol. The van der Waals surface area contributed by atoms with Crippen molar-refractivity contribution in [2.75, 3.05) is 5.32 Å². The molecule has 0 atom stereocenters. The second kappa shape index (κ2) is 5.43. The average Bonchev–Trinajstić information content (AvgIpc) is 2.84. The highest BCUT2D eigenvalue weighted by Crippen LogP contribution is 2.27. The van der Waals surface area contributed by atoms with Gasteiger partial charge in [0.15, 0.2) is 0 Å². The van der Waals surface area contributed by atoms with Crippen molar-refractivity contribution in [1.82, 2.24) is 4.57 Å². The first-order valence-corrected chi connectivity index (χ1v) is 7.12. The molecule has 0 spiro atoms. The second-order valence-electron chi connectivity index (χ2n) is 4.75. The van der Waals surface area contributed by atoms with E-state index in [9.17, 15) is 4.79 Å². The number of benzene rings is 2. The third-order valence-corrected chi connectivity index (χ3v) is 3.87. The van der Waals surface area contributed by atoms with E-state index in [4.69, 9.17) is 23.2 Å². The molecule has 1 aromatic heterocycles. The SMILES string of the molecule is Cn1ccc2cccc(C(=O)Nc3ccc(Cl)cc3Cl)c21. The molecule has 3 nitrogen and oxygen atoms in total. The normalized spacial score (nSPS) is 10.8. The van der Waals surface area contributed by atoms with Crippen LogP contribution in [0.3, 0.4) is 0 Å². The molecule has 21 heavy (non-hydrogen) atoms. The molecule has 0 aliphatic rings. The lowest BCUT2D eigenvalue weighted by atomic mass is 10.1. The van der Waals surface area contributed by atoms with Gasteiger partial charge in [-0.05, 0) is 30.3 Å². The molecule has 1 heterocycles. The summed E-state index contributed by atoms with van der Waals surface area (Å²) >= 11 is 11.9. The summed E-state index contributed by atoms with van der Waals surface area (Å²) in [5.74, 6) is -0.202. The van der Waals surface area contributed by atoms with E-state index in [-0.39, 0.29) is 5.91 Å². The van der Waals surface area contributed by atoms with Gasteiger partial charge in [-0.2, -0.15) is 0 Å². The van der Waals surface area contributed by atoms with E-state index in [1.54, 1.807) is 24.3 Å². The van der Waals surface area contributed by atoms with Crippen LogP contribution in [0.1, 0.15) is 10.4 Å². The molecule has 0 radical (unpaired) electrons. The number of fused-ring (bicyclic) bond motifs is 1. The fourth-order valence-corrected chi connectivity index (χ4v) is 2.78. The van der Waals surface area contributed by atoms with Crippen LogP contribution in [0, 0.1) is 0 Å². The van der Waals surface area contributed by atoms with Crippen LogP contribution in [0.4, 0.5) is 5.69 Å². The summed E-state index contributed by atoms with van der Waals surface area (Å²) in [6.07, 6.45) is 1.93. The van der Waals surface area contributed by atoms with Gasteiger partial charge in [-0.3, -0.25) is 4.79 Å². The topological polar surface area (TPSA) is 34.0 Å². The summed E-state index contributed by atoms with van der Waals surface area (Å²) in [6.45, 7) is 0. The summed E-state index contributed by atoms with van der Waals surface area (Å²) in [7, 11) is 1.91. The number of nitrogens with zero attached hydrogens (tertiary/aromatic N) is 1. The molecule has 0 fully saturated rings. The predicted octanol–water partition coefficient (Wildman–Crippen LogP) is 4.74. The van der Waals surface area contributed by atoms with E-state index < -0.39 is 0 Å². The number of aryl methyl sites for hydroxylation is 1. The van der Waals surface area contributed by atoms with Gasteiger partial charge in [0.1, 0.15) is 0 Å². The van der Waals surface area contributed by atoms with Crippen molar-refractivity contribution in [3.05, 3.63) is 64.3 Å². The lowest BCUT2D eigenvalue weighted by Gasteiger charge is -2.09. The van der Waals surface area contributed by atoms with Gasteiger partial charge < -0.3 is 9.88 Å². The molecule has 3 aromatic rings. The minimum atomic E-state index is -0.202. The van der Waals surface area contributed by atoms with Gasteiger partial charge in [-0.25, -0.2) is 0 Å². The summed E-state index contributed by atoms with van der Waals surface area (Å²) in [4.78, 5) is 12.5. The lowest BCUT2D eigenvalue weighted by molar-refractivity contribution is 0.102. The van der Waals surface area contributed by atoms with Crippen molar-refractivity contribution in [3.8, 4) is 0 Å². The minimum absolute atomic E-state index is 0.202. The van der Waals surface area contributed by atoms with Crippen LogP contribution in [-0.4, -0.2) is 10.5 Å². The zero-order valence-electron chi connectivity index (χ0n) is 11.2. The maximum Gasteiger partial charge on any atom is 0.257 e. The molecule has 1 amide bonds. The van der Waals surface area contributed by atoms with E-state index in [2.05, 4.69) is 5.32 Å². The number of halogens is 2. The Labute approximate surface area is 132 Å². The number of carbonyl (C=O) groups excluding carboxylic acids is 1. The van der Waals surface area contributed by atoms with E-state index in [1.807, 2.05) is 36.0 Å². The van der Waals surface area contributed by atoms with Crippen molar-refractivity contribution >= 4 is 45.7 Å². The van der Waals surface area contributed by atoms with Gasteiger partial charge in [0.2, 0.25) is 0 Å². The first kappa shape index (κ1) is 14.0. The summed E-state index contributed by atoms with van der Waals surface area (Å²) in [5.41, 5.74) is 2.03. The number of nitrogens with one attached hydrogen (secondary N) is 1. The van der Waals surface area contributed by atoms with E-state index in [0.717, 1.165) is 10.9 Å². The molecular weight excluding hydrogens is 307 g/mol. The number of anilines is 1. The summed E-state index contributed by atoms with van der Waals surface area (Å²) in [5, 5.41) is 4.78. The molecule has 2 aromatic carbocycles. The maximum absolute atomic E-state index is 12.5. The largest absolute Gasteiger partial charge is 0.350 e. The quantitative estimate of drug-likeness (QED) is 0.727. The van der Waals surface area contributed by atoms with Crippen molar-refractivity contribution in [2.45, 2.75) is 0 Å².